The molecule has 1 heteroatoms. The molecule has 0 aromatic rings. The van der Waals surface area contributed by atoms with Gasteiger partial charge in [0, 0.05) is 22.4 Å². The van der Waals surface area contributed by atoms with E-state index < -0.39 is 0 Å². The Balaban J connectivity index is 0. The summed E-state index contributed by atoms with van der Waals surface area (Å²) in [6, 6.07) is 0. The van der Waals surface area contributed by atoms with Crippen molar-refractivity contribution >= 4 is 0 Å². The van der Waals surface area contributed by atoms with Crippen molar-refractivity contribution in [1.82, 2.24) is 0 Å². The van der Waals surface area contributed by atoms with E-state index in [2.05, 4.69) is 13.8 Å². The molecule has 0 aromatic carbocycles. The molecular weight excluding hydrogens is 153 g/mol. The third-order valence-electron chi connectivity index (χ3n) is 0.707. The molecule has 0 amide bonds. The van der Waals surface area contributed by atoms with Gasteiger partial charge in [-0.15, -0.1) is 0 Å². The predicted octanol–water partition coefficient (Wildman–Crippen LogP) is 2.19. The fourth-order valence-electron chi connectivity index (χ4n) is 0.354. The van der Waals surface area contributed by atoms with Crippen LogP contribution in [0.25, 0.3) is 0 Å². The summed E-state index contributed by atoms with van der Waals surface area (Å²) in [6.07, 6.45) is 4.08. The van der Waals surface area contributed by atoms with E-state index >= 15 is 0 Å². The van der Waals surface area contributed by atoms with Crippen LogP contribution in [0.4, 0.5) is 0 Å². The van der Waals surface area contributed by atoms with Crippen LogP contribution in [0.5, 0.6) is 0 Å². The van der Waals surface area contributed by atoms with Gasteiger partial charge >= 0.3 is 0 Å². The van der Waals surface area contributed by atoms with E-state index in [0.29, 0.717) is 0 Å². The topological polar surface area (TPSA) is 0 Å². The van der Waals surface area contributed by atoms with Crippen LogP contribution >= 0.6 is 0 Å². The van der Waals surface area contributed by atoms with E-state index in [1.54, 1.807) is 0 Å². The normalized spacial score (nSPS) is 7.00. The van der Waals surface area contributed by atoms with Gasteiger partial charge in [-0.2, -0.15) is 0 Å². The summed E-state index contributed by atoms with van der Waals surface area (Å²) in [7, 11) is 0. The molecule has 0 saturated heterocycles. The Morgan fingerprint density at radius 3 is 1.33 bits per heavy atom. The molecule has 37 valence electrons. The van der Waals surface area contributed by atoms with Crippen LogP contribution in [-0.4, -0.2) is 0 Å². The van der Waals surface area contributed by atoms with E-state index in [0.717, 1.165) is 0 Å². The Bertz CT molecular complexity index is 11.4. The Kier molecular flexibility index (Phi) is 15.2. The number of hydrogen-bond donors (Lipinski definition) is 0. The quantitative estimate of drug-likeness (QED) is 0.550. The molecule has 0 saturated carbocycles. The molecule has 0 fully saturated rings. The van der Waals surface area contributed by atoms with E-state index in [9.17, 15) is 0 Å². The maximum absolute atomic E-state index is 2.21. The fraction of sp³-hybridized carbons (Fsp3) is 1.00. The standard InChI is InChI=1S/C5H12.Nb/c1-3-5-4-2;/h3-5H2,1-2H3;. The summed E-state index contributed by atoms with van der Waals surface area (Å²) in [5.41, 5.74) is 0. The maximum atomic E-state index is 2.21. The Hall–Kier alpha value is 0.740. The van der Waals surface area contributed by atoms with E-state index in [1.807, 2.05) is 0 Å². The molecular formula is C5H12Nb. The van der Waals surface area contributed by atoms with Crippen molar-refractivity contribution in [3.05, 3.63) is 0 Å². The van der Waals surface area contributed by atoms with Crippen LogP contribution in [0, 0.1) is 0 Å². The molecule has 1 radical (unpaired) electrons. The maximum Gasteiger partial charge on any atom is 0 e. The van der Waals surface area contributed by atoms with Crippen LogP contribution in [0.1, 0.15) is 33.1 Å². The molecule has 6 heavy (non-hydrogen) atoms. The minimum atomic E-state index is 0. The minimum Gasteiger partial charge on any atom is -0.0654 e. The summed E-state index contributed by atoms with van der Waals surface area (Å²) in [6.45, 7) is 4.42. The second-order valence-electron chi connectivity index (χ2n) is 1.35. The van der Waals surface area contributed by atoms with Crippen molar-refractivity contribution in [3.63, 3.8) is 0 Å². The van der Waals surface area contributed by atoms with Crippen molar-refractivity contribution in [1.29, 1.82) is 0 Å². The third-order valence-corrected chi connectivity index (χ3v) is 0.707. The molecule has 0 aliphatic carbocycles. The van der Waals surface area contributed by atoms with Crippen LogP contribution in [0.15, 0.2) is 0 Å². The molecule has 0 unspecified atom stereocenters. The molecule has 0 nitrogen and oxygen atoms in total. The first-order valence-corrected chi connectivity index (χ1v) is 2.41. The summed E-state index contributed by atoms with van der Waals surface area (Å²) in [5.74, 6) is 0. The van der Waals surface area contributed by atoms with Gasteiger partial charge in [-0.25, -0.2) is 0 Å². The van der Waals surface area contributed by atoms with Gasteiger partial charge in [-0.05, 0) is 0 Å². The first-order valence-electron chi connectivity index (χ1n) is 2.41. The fourth-order valence-corrected chi connectivity index (χ4v) is 0.354. The molecule has 0 aromatic heterocycles. The van der Waals surface area contributed by atoms with Crippen LogP contribution in [0.2, 0.25) is 0 Å². The zero-order valence-electron chi connectivity index (χ0n) is 4.57. The van der Waals surface area contributed by atoms with E-state index in [4.69, 9.17) is 0 Å². The largest absolute Gasteiger partial charge is 0.0654 e. The number of unbranched alkanes of at least 4 members (excludes halogenated alkanes) is 2. The van der Waals surface area contributed by atoms with Crippen molar-refractivity contribution in [2.24, 2.45) is 0 Å². The van der Waals surface area contributed by atoms with Gasteiger partial charge in [0.2, 0.25) is 0 Å². The van der Waals surface area contributed by atoms with Crippen LogP contribution in [0.3, 0.4) is 0 Å². The average molecular weight is 165 g/mol. The summed E-state index contributed by atoms with van der Waals surface area (Å²) in [4.78, 5) is 0. The predicted molar refractivity (Wildman–Crippen MR) is 25.2 cm³/mol. The second kappa shape index (κ2) is 9.22. The third kappa shape index (κ3) is 8.83. The molecule has 0 N–H and O–H groups in total. The Labute approximate surface area is 55.8 Å². The number of rotatable bonds is 2. The first kappa shape index (κ1) is 9.88. The van der Waals surface area contributed by atoms with Gasteiger partial charge in [0.25, 0.3) is 0 Å². The minimum absolute atomic E-state index is 0. The zero-order valence-corrected chi connectivity index (χ0v) is 6.77. The van der Waals surface area contributed by atoms with Crippen LogP contribution in [-0.2, 0) is 22.4 Å². The van der Waals surface area contributed by atoms with E-state index in [1.165, 1.54) is 19.3 Å². The van der Waals surface area contributed by atoms with Crippen molar-refractivity contribution in [2.45, 2.75) is 33.1 Å². The van der Waals surface area contributed by atoms with Crippen molar-refractivity contribution < 1.29 is 22.4 Å². The molecule has 0 aliphatic rings. The second-order valence-corrected chi connectivity index (χ2v) is 1.35. The zero-order chi connectivity index (χ0) is 4.12. The first-order chi connectivity index (χ1) is 2.41. The van der Waals surface area contributed by atoms with Crippen molar-refractivity contribution in [3.8, 4) is 0 Å². The molecule has 0 heterocycles. The van der Waals surface area contributed by atoms with Gasteiger partial charge in [-0.1, -0.05) is 33.1 Å². The molecule has 0 bridgehead atoms. The summed E-state index contributed by atoms with van der Waals surface area (Å²) < 4.78 is 0. The molecule has 0 atom stereocenters. The van der Waals surface area contributed by atoms with Gasteiger partial charge in [-0.3, -0.25) is 0 Å². The Morgan fingerprint density at radius 1 is 1.00 bits per heavy atom. The Morgan fingerprint density at radius 2 is 1.33 bits per heavy atom. The SMILES string of the molecule is CCCCC.[Nb]. The number of hydrogen-bond acceptors (Lipinski definition) is 0. The monoisotopic (exact) mass is 165 g/mol. The van der Waals surface area contributed by atoms with Gasteiger partial charge in [0.1, 0.15) is 0 Å². The smallest absolute Gasteiger partial charge is 0 e. The van der Waals surface area contributed by atoms with E-state index in [-0.39, 0.29) is 22.4 Å². The molecule has 0 aliphatic heterocycles. The summed E-state index contributed by atoms with van der Waals surface area (Å²) >= 11 is 0. The molecule has 0 spiro atoms. The van der Waals surface area contributed by atoms with Crippen molar-refractivity contribution in [2.75, 3.05) is 0 Å². The van der Waals surface area contributed by atoms with Crippen LogP contribution < -0.4 is 0 Å². The summed E-state index contributed by atoms with van der Waals surface area (Å²) in [5, 5.41) is 0. The molecule has 0 rings (SSSR count). The van der Waals surface area contributed by atoms with Gasteiger partial charge in [0.15, 0.2) is 0 Å². The van der Waals surface area contributed by atoms with Gasteiger partial charge < -0.3 is 0 Å². The van der Waals surface area contributed by atoms with Gasteiger partial charge in [0.05, 0.1) is 0 Å². The average Bonchev–Trinajstić information content (AvgIpc) is 1.41.